The van der Waals surface area contributed by atoms with E-state index >= 15 is 0 Å². The van der Waals surface area contributed by atoms with Gasteiger partial charge in [-0.2, -0.15) is 0 Å². The normalized spacial score (nSPS) is 19.3. The van der Waals surface area contributed by atoms with Crippen LogP contribution >= 0.6 is 0 Å². The second kappa shape index (κ2) is 9.09. The highest BCUT2D eigenvalue weighted by Crippen LogP contribution is 2.19. The number of carbonyl (C=O) groups excluding carboxylic acids is 2. The highest BCUT2D eigenvalue weighted by atomic mass is 16.2. The van der Waals surface area contributed by atoms with E-state index in [0.29, 0.717) is 31.7 Å². The van der Waals surface area contributed by atoms with E-state index in [2.05, 4.69) is 26.3 Å². The molecule has 8 nitrogen and oxygen atoms in total. The molecule has 2 amide bonds. The van der Waals surface area contributed by atoms with Crippen LogP contribution in [0.2, 0.25) is 0 Å². The molecule has 0 bridgehead atoms. The van der Waals surface area contributed by atoms with Gasteiger partial charge >= 0.3 is 0 Å². The molecule has 1 fully saturated rings. The molecule has 2 aromatic rings. The fourth-order valence-corrected chi connectivity index (χ4v) is 2.96. The first-order valence-electron chi connectivity index (χ1n) is 9.08. The van der Waals surface area contributed by atoms with Crippen LogP contribution < -0.4 is 16.0 Å². The first-order chi connectivity index (χ1) is 13.2. The van der Waals surface area contributed by atoms with Crippen LogP contribution in [0.4, 0.5) is 0 Å². The van der Waals surface area contributed by atoms with Crippen LogP contribution in [0.15, 0.2) is 42.6 Å². The van der Waals surface area contributed by atoms with E-state index in [1.807, 2.05) is 43.5 Å². The van der Waals surface area contributed by atoms with Gasteiger partial charge in [0.2, 0.25) is 11.8 Å². The molecule has 1 saturated heterocycles. The van der Waals surface area contributed by atoms with Crippen molar-refractivity contribution in [3.8, 4) is 0 Å². The minimum absolute atomic E-state index is 0.0119. The molecular formula is C19H24N6O2. The molecule has 1 aliphatic heterocycles. The number of rotatable bonds is 7. The first-order valence-corrected chi connectivity index (χ1v) is 9.08. The van der Waals surface area contributed by atoms with Crippen molar-refractivity contribution in [2.24, 2.45) is 0 Å². The molecule has 0 unspecified atom stereocenters. The highest BCUT2D eigenvalue weighted by molar-refractivity contribution is 5.91. The zero-order valence-corrected chi connectivity index (χ0v) is 15.3. The van der Waals surface area contributed by atoms with Crippen molar-refractivity contribution in [1.82, 2.24) is 30.9 Å². The Bertz CT molecular complexity index is 802. The summed E-state index contributed by atoms with van der Waals surface area (Å²) in [6.07, 6.45) is 5.74. The summed E-state index contributed by atoms with van der Waals surface area (Å²) in [6.45, 7) is 3.49. The van der Waals surface area contributed by atoms with Crippen LogP contribution in [-0.2, 0) is 16.1 Å². The summed E-state index contributed by atoms with van der Waals surface area (Å²) in [4.78, 5) is 23.8. The van der Waals surface area contributed by atoms with E-state index in [9.17, 15) is 9.59 Å². The van der Waals surface area contributed by atoms with E-state index in [-0.39, 0.29) is 23.9 Å². The van der Waals surface area contributed by atoms with Gasteiger partial charge in [-0.3, -0.25) is 9.59 Å². The fraction of sp³-hybridized carbons (Fsp3) is 0.368. The average Bonchev–Trinajstić information content (AvgIpc) is 3.35. The van der Waals surface area contributed by atoms with Crippen molar-refractivity contribution < 1.29 is 9.59 Å². The van der Waals surface area contributed by atoms with E-state index in [0.717, 1.165) is 5.56 Å². The molecule has 3 N–H and O–H groups in total. The predicted octanol–water partition coefficient (Wildman–Crippen LogP) is 0.647. The van der Waals surface area contributed by atoms with E-state index in [1.165, 1.54) is 6.08 Å². The molecular weight excluding hydrogens is 344 g/mol. The van der Waals surface area contributed by atoms with Crippen LogP contribution in [-0.4, -0.2) is 45.9 Å². The molecule has 1 aliphatic rings. The molecule has 0 aliphatic carbocycles. The maximum Gasteiger partial charge on any atom is 0.244 e. The lowest BCUT2D eigenvalue weighted by Crippen LogP contribution is -2.40. The molecule has 27 heavy (non-hydrogen) atoms. The predicted molar refractivity (Wildman–Crippen MR) is 101 cm³/mol. The van der Waals surface area contributed by atoms with Crippen LogP contribution in [0.1, 0.15) is 30.6 Å². The number of aromatic nitrogens is 3. The monoisotopic (exact) mass is 368 g/mol. The third-order valence-corrected chi connectivity index (χ3v) is 4.38. The Hall–Kier alpha value is -3.00. The van der Waals surface area contributed by atoms with Crippen LogP contribution in [0.25, 0.3) is 6.08 Å². The summed E-state index contributed by atoms with van der Waals surface area (Å²) in [6, 6.07) is 9.50. The van der Waals surface area contributed by atoms with Gasteiger partial charge in [0.05, 0.1) is 24.8 Å². The summed E-state index contributed by atoms with van der Waals surface area (Å²) in [5.41, 5.74) is 1.65. The lowest BCUT2D eigenvalue weighted by molar-refractivity contribution is -0.122. The smallest absolute Gasteiger partial charge is 0.244 e. The minimum atomic E-state index is -0.203. The quantitative estimate of drug-likeness (QED) is 0.623. The number of carbonyl (C=O) groups is 2. The number of amides is 2. The third-order valence-electron chi connectivity index (χ3n) is 4.38. The molecule has 0 saturated carbocycles. The Labute approximate surface area is 158 Å². The van der Waals surface area contributed by atoms with Crippen molar-refractivity contribution in [2.75, 3.05) is 13.1 Å². The van der Waals surface area contributed by atoms with Crippen molar-refractivity contribution in [1.29, 1.82) is 0 Å². The van der Waals surface area contributed by atoms with Crippen molar-refractivity contribution in [3.63, 3.8) is 0 Å². The standard InChI is InChI=1S/C19H24N6O2/c1-2-20-19(27)17-10-16(12-21-17)25-13-15(23-24-25)11-22-18(26)9-8-14-6-4-3-5-7-14/h3-9,13,16-17,21H,2,10-12H2,1H3,(H,20,27)(H,22,26)/t16-,17-/m0/s1. The Kier molecular flexibility index (Phi) is 6.32. The lowest BCUT2D eigenvalue weighted by atomic mass is 10.1. The fourth-order valence-electron chi connectivity index (χ4n) is 2.96. The highest BCUT2D eigenvalue weighted by Gasteiger charge is 2.30. The summed E-state index contributed by atoms with van der Waals surface area (Å²) in [5.74, 6) is -0.176. The zero-order valence-electron chi connectivity index (χ0n) is 15.3. The summed E-state index contributed by atoms with van der Waals surface area (Å²) in [5, 5.41) is 17.1. The van der Waals surface area contributed by atoms with E-state index in [1.54, 1.807) is 10.8 Å². The van der Waals surface area contributed by atoms with Gasteiger partial charge in [-0.15, -0.1) is 5.10 Å². The van der Waals surface area contributed by atoms with Gasteiger partial charge in [0.15, 0.2) is 0 Å². The Morgan fingerprint density at radius 2 is 2.11 bits per heavy atom. The van der Waals surface area contributed by atoms with Crippen LogP contribution in [0.5, 0.6) is 0 Å². The Balaban J connectivity index is 1.48. The molecule has 0 radical (unpaired) electrons. The van der Waals surface area contributed by atoms with Crippen LogP contribution in [0, 0.1) is 0 Å². The second-order valence-corrected chi connectivity index (χ2v) is 6.40. The van der Waals surface area contributed by atoms with E-state index in [4.69, 9.17) is 0 Å². The molecule has 0 spiro atoms. The summed E-state index contributed by atoms with van der Waals surface area (Å²) < 4.78 is 1.76. The van der Waals surface area contributed by atoms with Crippen molar-refractivity contribution in [3.05, 3.63) is 53.9 Å². The lowest BCUT2D eigenvalue weighted by Gasteiger charge is -2.10. The number of nitrogens with one attached hydrogen (secondary N) is 3. The number of likely N-dealkylation sites (N-methyl/N-ethyl adjacent to an activating group) is 1. The third kappa shape index (κ3) is 5.24. The second-order valence-electron chi connectivity index (χ2n) is 6.40. The first kappa shape index (κ1) is 18.8. The topological polar surface area (TPSA) is 101 Å². The molecule has 2 heterocycles. The average molecular weight is 368 g/mol. The maximum absolute atomic E-state index is 11.9. The summed E-state index contributed by atoms with van der Waals surface area (Å²) >= 11 is 0. The summed E-state index contributed by atoms with van der Waals surface area (Å²) in [7, 11) is 0. The SMILES string of the molecule is CCNC(=O)[C@@H]1C[C@H](n2cc(CNC(=O)C=Cc3ccccc3)nn2)CN1. The van der Waals surface area contributed by atoms with Gasteiger partial charge in [-0.25, -0.2) is 4.68 Å². The van der Waals surface area contributed by atoms with Gasteiger partial charge in [0.1, 0.15) is 5.69 Å². The van der Waals surface area contributed by atoms with E-state index < -0.39 is 0 Å². The van der Waals surface area contributed by atoms with Crippen molar-refractivity contribution in [2.45, 2.75) is 32.0 Å². The van der Waals surface area contributed by atoms with Gasteiger partial charge in [0.25, 0.3) is 0 Å². The Morgan fingerprint density at radius 1 is 1.30 bits per heavy atom. The molecule has 8 heteroatoms. The number of benzene rings is 1. The Morgan fingerprint density at radius 3 is 2.89 bits per heavy atom. The molecule has 3 rings (SSSR count). The molecule has 1 aromatic heterocycles. The zero-order chi connectivity index (χ0) is 19.1. The molecule has 1 aromatic carbocycles. The number of nitrogens with zero attached hydrogens (tertiary/aromatic N) is 3. The maximum atomic E-state index is 11.9. The van der Waals surface area contributed by atoms with Gasteiger partial charge < -0.3 is 16.0 Å². The van der Waals surface area contributed by atoms with Gasteiger partial charge in [-0.05, 0) is 25.0 Å². The van der Waals surface area contributed by atoms with Crippen molar-refractivity contribution >= 4 is 17.9 Å². The largest absolute Gasteiger partial charge is 0.355 e. The van der Waals surface area contributed by atoms with Gasteiger partial charge in [-0.1, -0.05) is 35.5 Å². The number of hydrogen-bond acceptors (Lipinski definition) is 5. The molecule has 142 valence electrons. The van der Waals surface area contributed by atoms with Gasteiger partial charge in [0, 0.05) is 19.2 Å². The van der Waals surface area contributed by atoms with Crippen LogP contribution in [0.3, 0.4) is 0 Å². The number of hydrogen-bond donors (Lipinski definition) is 3. The molecule has 2 atom stereocenters. The minimum Gasteiger partial charge on any atom is -0.355 e.